The van der Waals surface area contributed by atoms with Crippen molar-refractivity contribution in [2.24, 2.45) is 10.8 Å². The van der Waals surface area contributed by atoms with Crippen LogP contribution in [0, 0.1) is 38.5 Å². The van der Waals surface area contributed by atoms with Crippen LogP contribution in [0.25, 0.3) is 0 Å². The molecule has 64 heavy (non-hydrogen) atoms. The van der Waals surface area contributed by atoms with E-state index < -0.39 is 26.2 Å². The molecular formula is C46H74N4O12S2. The topological polar surface area (TPSA) is 190 Å². The maximum absolute atomic E-state index is 13.0. The second kappa shape index (κ2) is 22.7. The highest BCUT2D eigenvalue weighted by Gasteiger charge is 2.37. The molecule has 0 saturated heterocycles. The number of nitrogens with zero attached hydrogens (tertiary/aromatic N) is 4. The predicted molar refractivity (Wildman–Crippen MR) is 246 cm³/mol. The lowest BCUT2D eigenvalue weighted by Gasteiger charge is -2.42. The van der Waals surface area contributed by atoms with Crippen LogP contribution in [-0.4, -0.2) is 158 Å². The predicted octanol–water partition coefficient (Wildman–Crippen LogP) is 4.90. The molecular weight excluding hydrogens is 865 g/mol. The highest BCUT2D eigenvalue weighted by Crippen LogP contribution is 2.38. The number of hydrogen-bond donors (Lipinski definition) is 1. The van der Waals surface area contributed by atoms with Gasteiger partial charge in [-0.15, -0.1) is 0 Å². The van der Waals surface area contributed by atoms with Gasteiger partial charge in [0.2, 0.25) is 31.9 Å². The van der Waals surface area contributed by atoms with E-state index in [1.807, 2.05) is 13.8 Å². The molecule has 0 aliphatic heterocycles. The molecule has 2 aliphatic rings. The largest absolute Gasteiger partial charge is 0.497 e. The normalized spacial score (nSPS) is 19.8. The van der Waals surface area contributed by atoms with Crippen LogP contribution >= 0.6 is 0 Å². The van der Waals surface area contributed by atoms with Gasteiger partial charge in [-0.05, 0) is 111 Å². The second-order valence-corrected chi connectivity index (χ2v) is 23.0. The highest BCUT2D eigenvalue weighted by atomic mass is 32.2. The van der Waals surface area contributed by atoms with Crippen molar-refractivity contribution in [3.05, 3.63) is 46.5 Å². The monoisotopic (exact) mass is 938 g/mol. The lowest BCUT2D eigenvalue weighted by molar-refractivity contribution is -0.140. The van der Waals surface area contributed by atoms with Gasteiger partial charge in [0.25, 0.3) is 0 Å². The Morgan fingerprint density at radius 2 is 1.03 bits per heavy atom. The molecule has 0 aromatic heterocycles. The maximum Gasteiger partial charge on any atom is 0.248 e. The van der Waals surface area contributed by atoms with Crippen molar-refractivity contribution in [3.8, 4) is 11.5 Å². The first kappa shape index (κ1) is 54.7. The first-order chi connectivity index (χ1) is 29.6. The number of benzene rings is 2. The molecule has 2 aromatic carbocycles. The summed E-state index contributed by atoms with van der Waals surface area (Å²) in [4.78, 5) is 40.8. The molecule has 0 spiro atoms. The summed E-state index contributed by atoms with van der Waals surface area (Å²) in [7, 11) is 2.08. The fraction of sp³-hybridized carbons (Fsp3) is 0.674. The molecule has 2 fully saturated rings. The number of Topliss-reactive ketones (excluding diaryl/α,β-unsaturated/α-hetero) is 1. The van der Waals surface area contributed by atoms with Crippen LogP contribution in [0.4, 0.5) is 0 Å². The summed E-state index contributed by atoms with van der Waals surface area (Å²) in [5, 5.41) is 10.1. The quantitative estimate of drug-likeness (QED) is 0.200. The van der Waals surface area contributed by atoms with Crippen LogP contribution in [0.5, 0.6) is 11.5 Å². The minimum Gasteiger partial charge on any atom is -0.497 e. The summed E-state index contributed by atoms with van der Waals surface area (Å²) < 4.78 is 76.0. The average molecular weight is 939 g/mol. The Morgan fingerprint density at radius 3 is 1.39 bits per heavy atom. The number of amides is 2. The fourth-order valence-electron chi connectivity index (χ4n) is 8.80. The molecule has 0 bridgehead atoms. The van der Waals surface area contributed by atoms with Gasteiger partial charge in [0.1, 0.15) is 30.5 Å². The number of hydrogen-bond acceptors (Lipinski definition) is 12. The Kier molecular flexibility index (Phi) is 19.4. The van der Waals surface area contributed by atoms with Crippen LogP contribution in [0.1, 0.15) is 88.5 Å². The molecule has 2 aliphatic carbocycles. The molecule has 3 atom stereocenters. The second-order valence-electron chi connectivity index (χ2n) is 19.0. The molecule has 1 N–H and O–H groups in total. The minimum atomic E-state index is -3.71. The third-order valence-electron chi connectivity index (χ3n) is 12.2. The number of aliphatic hydroxyl groups is 1. The molecule has 0 heterocycles. The summed E-state index contributed by atoms with van der Waals surface area (Å²) in [6, 6.07) is 6.61. The van der Waals surface area contributed by atoms with Gasteiger partial charge < -0.3 is 33.9 Å². The Hall–Kier alpha value is -3.65. The van der Waals surface area contributed by atoms with Crippen molar-refractivity contribution in [1.29, 1.82) is 0 Å². The summed E-state index contributed by atoms with van der Waals surface area (Å²) in [5.74, 6) is 1.000. The number of ether oxygens (including phenoxy) is 4. The van der Waals surface area contributed by atoms with E-state index in [-0.39, 0.29) is 89.8 Å². The van der Waals surface area contributed by atoms with E-state index in [0.717, 1.165) is 19.3 Å². The maximum atomic E-state index is 13.0. The van der Waals surface area contributed by atoms with E-state index >= 15 is 0 Å². The van der Waals surface area contributed by atoms with E-state index in [9.17, 15) is 36.3 Å². The van der Waals surface area contributed by atoms with Crippen molar-refractivity contribution >= 4 is 37.6 Å². The van der Waals surface area contributed by atoms with Gasteiger partial charge in [0.05, 0.1) is 43.3 Å². The van der Waals surface area contributed by atoms with Crippen molar-refractivity contribution in [2.75, 3.05) is 81.9 Å². The molecule has 16 nitrogen and oxygen atoms in total. The zero-order valence-corrected chi connectivity index (χ0v) is 42.2. The standard InChI is InChI=1S/C23H38N2O6S.C23H36N2O6S/c2*1-16-10-20(30-7)11-17(2)22(16)32(28,29)24(5)8-9-31-15-21(27)25(6)18-12-19(26)14-23(3,4)13-18/h10-11,18-19,26H,8-9,12-15H2,1-7H3;10-11,18H,8-9,12-15H2,1-7H3. The number of sulfonamides is 2. The number of carbonyl (C=O) groups is 3. The molecule has 2 amide bonds. The van der Waals surface area contributed by atoms with Crippen molar-refractivity contribution in [1.82, 2.24) is 18.4 Å². The molecule has 2 saturated carbocycles. The number of methoxy groups -OCH3 is 2. The SMILES string of the molecule is COc1cc(C)c(S(=O)(=O)N(C)CCOCC(=O)N(C)C2CC(=O)CC(C)(C)C2)c(C)c1.COc1cc(C)c(S(=O)(=O)N(C)CCOCC(=O)N(C)C2CC(O)CC(C)(C)C2)c(C)c1. The van der Waals surface area contributed by atoms with E-state index in [2.05, 4.69) is 13.8 Å². The van der Waals surface area contributed by atoms with Crippen LogP contribution in [0.2, 0.25) is 0 Å². The van der Waals surface area contributed by atoms with Crippen molar-refractivity contribution in [3.63, 3.8) is 0 Å². The molecule has 3 unspecified atom stereocenters. The fourth-order valence-corrected chi connectivity index (χ4v) is 11.9. The molecule has 362 valence electrons. The number of rotatable bonds is 18. The van der Waals surface area contributed by atoms with Crippen LogP contribution < -0.4 is 9.47 Å². The number of aryl methyl sites for hydroxylation is 4. The lowest BCUT2D eigenvalue weighted by Crippen LogP contribution is -2.47. The Labute approximate surface area is 382 Å². The molecule has 0 radical (unpaired) electrons. The zero-order valence-electron chi connectivity index (χ0n) is 40.6. The van der Waals surface area contributed by atoms with Gasteiger partial charge >= 0.3 is 0 Å². The molecule has 4 rings (SSSR count). The van der Waals surface area contributed by atoms with Gasteiger partial charge in [0, 0.05) is 66.2 Å². The lowest BCUT2D eigenvalue weighted by atomic mass is 9.73. The summed E-state index contributed by atoms with van der Waals surface area (Å²) >= 11 is 0. The third kappa shape index (κ3) is 14.7. The number of ketones is 1. The van der Waals surface area contributed by atoms with Crippen molar-refractivity contribution < 1.29 is 55.3 Å². The van der Waals surface area contributed by atoms with Crippen molar-refractivity contribution in [2.45, 2.75) is 122 Å². The van der Waals surface area contributed by atoms with E-state index in [4.69, 9.17) is 18.9 Å². The van der Waals surface area contributed by atoms with Crippen LogP contribution in [-0.2, 0) is 43.9 Å². The zero-order chi connectivity index (χ0) is 48.5. The van der Waals surface area contributed by atoms with Crippen LogP contribution in [0.15, 0.2) is 34.1 Å². The molecule has 18 heteroatoms. The van der Waals surface area contributed by atoms with Gasteiger partial charge in [0.15, 0.2) is 0 Å². The number of aliphatic hydroxyl groups excluding tert-OH is 1. The highest BCUT2D eigenvalue weighted by molar-refractivity contribution is 7.89. The minimum absolute atomic E-state index is 0.0213. The summed E-state index contributed by atoms with van der Waals surface area (Å²) in [6.45, 7) is 15.3. The summed E-state index contributed by atoms with van der Waals surface area (Å²) in [5.41, 5.74) is 2.30. The van der Waals surface area contributed by atoms with Gasteiger partial charge in [-0.25, -0.2) is 16.8 Å². The van der Waals surface area contributed by atoms with E-state index in [0.29, 0.717) is 53.0 Å². The third-order valence-corrected chi connectivity index (χ3v) is 16.5. The van der Waals surface area contributed by atoms with Crippen LogP contribution in [0.3, 0.4) is 0 Å². The number of likely N-dealkylation sites (N-methyl/N-ethyl adjacent to an activating group) is 4. The van der Waals surface area contributed by atoms with Gasteiger partial charge in [-0.2, -0.15) is 8.61 Å². The van der Waals surface area contributed by atoms with Gasteiger partial charge in [-0.3, -0.25) is 14.4 Å². The first-order valence-electron chi connectivity index (χ1n) is 21.7. The van der Waals surface area contributed by atoms with E-state index in [1.54, 1.807) is 83.0 Å². The molecule has 2 aromatic rings. The van der Waals surface area contributed by atoms with Gasteiger partial charge in [-0.1, -0.05) is 27.7 Å². The average Bonchev–Trinajstić information content (AvgIpc) is 3.17. The van der Waals surface area contributed by atoms with E-state index in [1.165, 1.54) is 29.8 Å². The summed E-state index contributed by atoms with van der Waals surface area (Å²) in [6.07, 6.45) is 3.38. The Balaban J connectivity index is 0.000000340. The Morgan fingerprint density at radius 1 is 0.656 bits per heavy atom. The first-order valence-corrected chi connectivity index (χ1v) is 24.5. The Bertz CT molecular complexity index is 2130. The number of carbonyl (C=O) groups excluding carboxylic acids is 3. The smallest absolute Gasteiger partial charge is 0.248 e.